The van der Waals surface area contributed by atoms with Gasteiger partial charge in [-0.25, -0.2) is 4.79 Å². The standard InChI is InChI=1S/C22H25N3O5/c1-4-22(16-10-6-5-7-11-16)20(27)25(21(28)23-22)24-18(26)14-13-15-9-8-12-17(29-2)19(15)30-3/h5-12H,4,13-14H2,1-3H3,(H,23,28)(H,24,26)/t22-/m1/s1. The molecule has 2 aromatic rings. The van der Waals surface area contributed by atoms with Gasteiger partial charge in [0.15, 0.2) is 11.5 Å². The molecule has 30 heavy (non-hydrogen) atoms. The molecule has 1 fully saturated rings. The lowest BCUT2D eigenvalue weighted by Crippen LogP contribution is -2.48. The van der Waals surface area contributed by atoms with Crippen molar-refractivity contribution in [2.24, 2.45) is 0 Å². The van der Waals surface area contributed by atoms with Crippen LogP contribution >= 0.6 is 0 Å². The van der Waals surface area contributed by atoms with Crippen molar-refractivity contribution in [2.75, 3.05) is 14.2 Å². The van der Waals surface area contributed by atoms with Gasteiger partial charge in [0.1, 0.15) is 5.54 Å². The summed E-state index contributed by atoms with van der Waals surface area (Å²) in [7, 11) is 3.07. The average Bonchev–Trinajstić information content (AvgIpc) is 3.02. The summed E-state index contributed by atoms with van der Waals surface area (Å²) in [6, 6.07) is 13.7. The van der Waals surface area contributed by atoms with Gasteiger partial charge in [-0.3, -0.25) is 15.0 Å². The minimum absolute atomic E-state index is 0.0606. The lowest BCUT2D eigenvalue weighted by molar-refractivity contribution is -0.139. The zero-order valence-electron chi connectivity index (χ0n) is 17.2. The van der Waals surface area contributed by atoms with Gasteiger partial charge in [0.2, 0.25) is 5.91 Å². The van der Waals surface area contributed by atoms with Gasteiger partial charge in [0, 0.05) is 6.42 Å². The van der Waals surface area contributed by atoms with Crippen LogP contribution in [0.3, 0.4) is 0 Å². The summed E-state index contributed by atoms with van der Waals surface area (Å²) >= 11 is 0. The third-order valence-electron chi connectivity index (χ3n) is 5.23. The minimum atomic E-state index is -1.19. The van der Waals surface area contributed by atoms with Crippen molar-refractivity contribution in [3.8, 4) is 11.5 Å². The Labute approximate surface area is 175 Å². The highest BCUT2D eigenvalue weighted by atomic mass is 16.5. The highest BCUT2D eigenvalue weighted by molar-refractivity contribution is 6.08. The molecule has 0 spiro atoms. The molecule has 1 aliphatic heterocycles. The molecule has 0 unspecified atom stereocenters. The number of methoxy groups -OCH3 is 2. The maximum absolute atomic E-state index is 13.1. The first-order valence-corrected chi connectivity index (χ1v) is 9.68. The number of rotatable bonds is 8. The van der Waals surface area contributed by atoms with E-state index in [4.69, 9.17) is 9.47 Å². The predicted octanol–water partition coefficient (Wildman–Crippen LogP) is 2.52. The van der Waals surface area contributed by atoms with Crippen molar-refractivity contribution >= 4 is 17.8 Å². The van der Waals surface area contributed by atoms with Crippen LogP contribution in [-0.2, 0) is 21.5 Å². The molecule has 4 amide bonds. The largest absolute Gasteiger partial charge is 0.493 e. The molecule has 0 bridgehead atoms. The number of nitrogens with one attached hydrogen (secondary N) is 2. The van der Waals surface area contributed by atoms with E-state index in [1.807, 2.05) is 25.1 Å². The Balaban J connectivity index is 1.70. The van der Waals surface area contributed by atoms with Crippen LogP contribution in [0.1, 0.15) is 30.9 Å². The van der Waals surface area contributed by atoms with Crippen LogP contribution < -0.4 is 20.2 Å². The lowest BCUT2D eigenvalue weighted by Gasteiger charge is -2.25. The topological polar surface area (TPSA) is 97.0 Å². The van der Waals surface area contributed by atoms with E-state index in [0.29, 0.717) is 29.9 Å². The molecule has 1 aliphatic rings. The van der Waals surface area contributed by atoms with Crippen molar-refractivity contribution in [3.63, 3.8) is 0 Å². The molecule has 3 rings (SSSR count). The van der Waals surface area contributed by atoms with E-state index in [1.165, 1.54) is 7.11 Å². The molecule has 8 nitrogen and oxygen atoms in total. The Bertz CT molecular complexity index is 947. The molecule has 0 radical (unpaired) electrons. The first-order chi connectivity index (χ1) is 14.5. The second kappa shape index (κ2) is 8.86. The molecule has 2 N–H and O–H groups in total. The van der Waals surface area contributed by atoms with Crippen LogP contribution in [-0.4, -0.2) is 37.1 Å². The summed E-state index contributed by atoms with van der Waals surface area (Å²) in [5.41, 5.74) is 2.70. The number of urea groups is 1. The summed E-state index contributed by atoms with van der Waals surface area (Å²) in [5.74, 6) is 0.161. The molecule has 1 heterocycles. The monoisotopic (exact) mass is 411 g/mol. The first-order valence-electron chi connectivity index (χ1n) is 9.68. The highest BCUT2D eigenvalue weighted by Gasteiger charge is 2.52. The molecular formula is C22H25N3O5. The summed E-state index contributed by atoms with van der Waals surface area (Å²) in [5, 5.41) is 3.50. The average molecular weight is 411 g/mol. The number of hydrogen-bond acceptors (Lipinski definition) is 5. The van der Waals surface area contributed by atoms with E-state index in [-0.39, 0.29) is 6.42 Å². The lowest BCUT2D eigenvalue weighted by atomic mass is 9.87. The fraction of sp³-hybridized carbons (Fsp3) is 0.318. The fourth-order valence-corrected chi connectivity index (χ4v) is 3.62. The molecule has 0 aliphatic carbocycles. The Morgan fingerprint density at radius 3 is 2.43 bits per heavy atom. The van der Waals surface area contributed by atoms with Crippen molar-refractivity contribution in [2.45, 2.75) is 31.7 Å². The SMILES string of the molecule is CC[C@]1(c2ccccc2)NC(=O)N(NC(=O)CCc2cccc(OC)c2OC)C1=O. The zero-order chi connectivity index (χ0) is 21.7. The number of hydrazine groups is 1. The van der Waals surface area contributed by atoms with Gasteiger partial charge in [-0.15, -0.1) is 0 Å². The summed E-state index contributed by atoms with van der Waals surface area (Å²) in [6.07, 6.45) is 0.771. The van der Waals surface area contributed by atoms with Gasteiger partial charge in [-0.05, 0) is 30.0 Å². The highest BCUT2D eigenvalue weighted by Crippen LogP contribution is 2.32. The molecule has 1 atom stereocenters. The number of carbonyl (C=O) groups is 3. The maximum atomic E-state index is 13.1. The second-order valence-corrected chi connectivity index (χ2v) is 6.88. The van der Waals surface area contributed by atoms with Gasteiger partial charge in [-0.1, -0.05) is 49.4 Å². The molecule has 0 aromatic heterocycles. The predicted molar refractivity (Wildman–Crippen MR) is 110 cm³/mol. The number of amides is 4. The van der Waals surface area contributed by atoms with Gasteiger partial charge in [0.25, 0.3) is 5.91 Å². The van der Waals surface area contributed by atoms with Crippen molar-refractivity contribution in [1.82, 2.24) is 15.8 Å². The smallest absolute Gasteiger partial charge is 0.344 e. The van der Waals surface area contributed by atoms with Crippen LogP contribution in [0, 0.1) is 0 Å². The van der Waals surface area contributed by atoms with Crippen LogP contribution in [0.4, 0.5) is 4.79 Å². The Kier molecular flexibility index (Phi) is 6.25. The molecule has 8 heteroatoms. The van der Waals surface area contributed by atoms with Crippen LogP contribution in [0.5, 0.6) is 11.5 Å². The molecule has 158 valence electrons. The number of para-hydroxylation sites is 1. The second-order valence-electron chi connectivity index (χ2n) is 6.88. The van der Waals surface area contributed by atoms with E-state index in [0.717, 1.165) is 10.6 Å². The molecule has 1 saturated heterocycles. The van der Waals surface area contributed by atoms with E-state index in [9.17, 15) is 14.4 Å². The van der Waals surface area contributed by atoms with E-state index in [1.54, 1.807) is 37.4 Å². The number of ether oxygens (including phenoxy) is 2. The number of benzene rings is 2. The van der Waals surface area contributed by atoms with E-state index < -0.39 is 23.4 Å². The number of nitrogens with zero attached hydrogens (tertiary/aromatic N) is 1. The van der Waals surface area contributed by atoms with Gasteiger partial charge >= 0.3 is 6.03 Å². The van der Waals surface area contributed by atoms with Crippen molar-refractivity contribution in [3.05, 3.63) is 59.7 Å². The van der Waals surface area contributed by atoms with Crippen LogP contribution in [0.15, 0.2) is 48.5 Å². The van der Waals surface area contributed by atoms with Crippen molar-refractivity contribution in [1.29, 1.82) is 0 Å². The van der Waals surface area contributed by atoms with Crippen LogP contribution in [0.25, 0.3) is 0 Å². The maximum Gasteiger partial charge on any atom is 0.344 e. The van der Waals surface area contributed by atoms with Gasteiger partial charge in [0.05, 0.1) is 14.2 Å². The van der Waals surface area contributed by atoms with E-state index in [2.05, 4.69) is 10.7 Å². The van der Waals surface area contributed by atoms with E-state index >= 15 is 0 Å². The Morgan fingerprint density at radius 1 is 1.07 bits per heavy atom. The summed E-state index contributed by atoms with van der Waals surface area (Å²) in [6.45, 7) is 1.81. The number of aryl methyl sites for hydroxylation is 1. The molecule has 0 saturated carbocycles. The third kappa shape index (κ3) is 3.80. The van der Waals surface area contributed by atoms with Gasteiger partial charge < -0.3 is 14.8 Å². The number of carbonyl (C=O) groups excluding carboxylic acids is 3. The Morgan fingerprint density at radius 2 is 1.80 bits per heavy atom. The summed E-state index contributed by atoms with van der Waals surface area (Å²) in [4.78, 5) is 38.0. The fourth-order valence-electron chi connectivity index (χ4n) is 3.62. The molecular weight excluding hydrogens is 386 g/mol. The number of hydrogen-bond donors (Lipinski definition) is 2. The summed E-state index contributed by atoms with van der Waals surface area (Å²) < 4.78 is 10.6. The quantitative estimate of drug-likeness (QED) is 0.651. The zero-order valence-corrected chi connectivity index (χ0v) is 17.2. The van der Waals surface area contributed by atoms with Gasteiger partial charge in [-0.2, -0.15) is 5.01 Å². The van der Waals surface area contributed by atoms with Crippen LogP contribution in [0.2, 0.25) is 0 Å². The Hall–Kier alpha value is -3.55. The normalized spacial score (nSPS) is 18.2. The minimum Gasteiger partial charge on any atom is -0.493 e. The first kappa shape index (κ1) is 21.2. The van der Waals surface area contributed by atoms with Crippen molar-refractivity contribution < 1.29 is 23.9 Å². The third-order valence-corrected chi connectivity index (χ3v) is 5.23. The molecule has 2 aromatic carbocycles. The number of imide groups is 1.